The highest BCUT2D eigenvalue weighted by atomic mass is 32.8. The zero-order valence-electron chi connectivity index (χ0n) is 20.0. The van der Waals surface area contributed by atoms with Crippen LogP contribution in [-0.2, 0) is 32.4 Å². The Balaban J connectivity index is 1.17. The number of hydrogen-bond acceptors (Lipinski definition) is 7. The number of rotatable bonds is 10. The molecular formula is C25H27F3N2O4S3. The molecule has 0 unspecified atom stereocenters. The Kier molecular flexibility index (Phi) is 9.85. The molecule has 0 saturated carbocycles. The van der Waals surface area contributed by atoms with Gasteiger partial charge in [-0.25, -0.2) is 4.21 Å². The van der Waals surface area contributed by atoms with Crippen LogP contribution in [0, 0.1) is 0 Å². The zero-order valence-corrected chi connectivity index (χ0v) is 22.4. The standard InChI is InChI=1S/C25H27F3N2O4S3/c26-25(27,28)18-4-5-20-21(14-18)29-7-6-24(20)35-11-3-1-2-10-33-23-17-34-19(15-22(23)31)16-30-8-12-37(36-32)13-9-30/h4-7,14-15,17H,1-3,8-13,16H2. The minimum atomic E-state index is -4.39. The lowest BCUT2D eigenvalue weighted by Crippen LogP contribution is -2.37. The van der Waals surface area contributed by atoms with E-state index >= 15 is 0 Å². The second-order valence-electron chi connectivity index (χ2n) is 8.56. The lowest BCUT2D eigenvalue weighted by atomic mass is 10.1. The first-order chi connectivity index (χ1) is 17.8. The van der Waals surface area contributed by atoms with Crippen molar-refractivity contribution in [2.24, 2.45) is 0 Å². The average molecular weight is 573 g/mol. The lowest BCUT2D eigenvalue weighted by molar-refractivity contribution is -0.137. The van der Waals surface area contributed by atoms with Gasteiger partial charge in [-0.3, -0.25) is 14.7 Å². The molecule has 37 heavy (non-hydrogen) atoms. The van der Waals surface area contributed by atoms with Crippen molar-refractivity contribution in [3.63, 3.8) is 0 Å². The van der Waals surface area contributed by atoms with Crippen LogP contribution < -0.4 is 10.2 Å². The van der Waals surface area contributed by atoms with E-state index in [1.165, 1.54) is 24.6 Å². The average Bonchev–Trinajstić information content (AvgIpc) is 2.89. The summed E-state index contributed by atoms with van der Waals surface area (Å²) in [5.74, 6) is 3.34. The van der Waals surface area contributed by atoms with Crippen molar-refractivity contribution in [1.82, 2.24) is 9.88 Å². The molecule has 3 heterocycles. The van der Waals surface area contributed by atoms with Gasteiger partial charge in [-0.15, -0.1) is 11.8 Å². The van der Waals surface area contributed by atoms with Crippen LogP contribution in [0.3, 0.4) is 0 Å². The quantitative estimate of drug-likeness (QED) is 0.247. The summed E-state index contributed by atoms with van der Waals surface area (Å²) in [5.41, 5.74) is -0.571. The maximum Gasteiger partial charge on any atom is 0.416 e. The highest BCUT2D eigenvalue weighted by molar-refractivity contribution is 8.31. The van der Waals surface area contributed by atoms with Gasteiger partial charge in [-0.1, -0.05) is 15.5 Å². The number of unbranched alkanes of at least 4 members (excludes halogenated alkanes) is 2. The topological polar surface area (TPSA) is 72.6 Å². The summed E-state index contributed by atoms with van der Waals surface area (Å²) in [6, 6.07) is 6.94. The van der Waals surface area contributed by atoms with Crippen molar-refractivity contribution in [2.75, 3.05) is 37.0 Å². The minimum Gasteiger partial charge on any atom is -0.487 e. The summed E-state index contributed by atoms with van der Waals surface area (Å²) in [6.07, 6.45) is 1.06. The van der Waals surface area contributed by atoms with Crippen LogP contribution >= 0.6 is 11.8 Å². The van der Waals surface area contributed by atoms with Gasteiger partial charge < -0.3 is 9.15 Å². The second-order valence-corrected chi connectivity index (χ2v) is 13.4. The highest BCUT2D eigenvalue weighted by Gasteiger charge is 2.30. The molecule has 0 atom stereocenters. The van der Waals surface area contributed by atoms with Gasteiger partial charge in [0.05, 0.1) is 24.2 Å². The predicted molar refractivity (Wildman–Crippen MR) is 142 cm³/mol. The first-order valence-electron chi connectivity index (χ1n) is 11.9. The third kappa shape index (κ3) is 7.92. The maximum absolute atomic E-state index is 12.9. The molecule has 0 spiro atoms. The van der Waals surface area contributed by atoms with Crippen LogP contribution in [0.2, 0.25) is 0 Å². The van der Waals surface area contributed by atoms with E-state index in [9.17, 15) is 22.2 Å². The number of fused-ring (bicyclic) bond motifs is 1. The van der Waals surface area contributed by atoms with E-state index in [0.717, 1.165) is 66.6 Å². The van der Waals surface area contributed by atoms with Crippen LogP contribution in [0.4, 0.5) is 13.2 Å². The largest absolute Gasteiger partial charge is 0.487 e. The third-order valence-corrected chi connectivity index (χ3v) is 10.1. The van der Waals surface area contributed by atoms with E-state index < -0.39 is 11.7 Å². The van der Waals surface area contributed by atoms with Crippen LogP contribution in [0.15, 0.2) is 56.9 Å². The van der Waals surface area contributed by atoms with Crippen LogP contribution in [0.1, 0.15) is 30.6 Å². The molecule has 0 amide bonds. The summed E-state index contributed by atoms with van der Waals surface area (Å²) < 4.78 is 61.0. The van der Waals surface area contributed by atoms with Gasteiger partial charge in [-0.2, -0.15) is 13.2 Å². The molecule has 1 fully saturated rings. The van der Waals surface area contributed by atoms with Crippen molar-refractivity contribution < 1.29 is 26.5 Å². The fourth-order valence-electron chi connectivity index (χ4n) is 3.92. The molecule has 1 aromatic carbocycles. The fraction of sp³-hybridized carbons (Fsp3) is 0.440. The Bertz CT molecular complexity index is 1330. The van der Waals surface area contributed by atoms with E-state index in [1.54, 1.807) is 11.8 Å². The number of benzene rings is 1. The Morgan fingerprint density at radius 1 is 1.11 bits per heavy atom. The monoisotopic (exact) mass is 572 g/mol. The first kappa shape index (κ1) is 27.9. The number of thioether (sulfide) groups is 1. The summed E-state index contributed by atoms with van der Waals surface area (Å²) in [4.78, 5) is 19.5. The summed E-state index contributed by atoms with van der Waals surface area (Å²) in [6.45, 7) is 2.60. The Morgan fingerprint density at radius 2 is 1.92 bits per heavy atom. The third-order valence-electron chi connectivity index (χ3n) is 5.93. The van der Waals surface area contributed by atoms with Crippen LogP contribution in [0.5, 0.6) is 5.75 Å². The predicted octanol–water partition coefficient (Wildman–Crippen LogP) is 5.11. The lowest BCUT2D eigenvalue weighted by Gasteiger charge is -2.26. The number of nitrogens with zero attached hydrogens (tertiary/aromatic N) is 2. The van der Waals surface area contributed by atoms with E-state index in [1.807, 2.05) is 6.07 Å². The number of pyridine rings is 1. The SMILES string of the molecule is O=S=S1CCN(Cc2cc(=O)c(OCCCCCSc3ccnc4cc(C(F)(F)F)ccc34)co2)CC1. The smallest absolute Gasteiger partial charge is 0.416 e. The zero-order chi connectivity index (χ0) is 26.3. The van der Waals surface area contributed by atoms with Crippen molar-refractivity contribution in [3.8, 4) is 5.75 Å². The van der Waals surface area contributed by atoms with Gasteiger partial charge in [-0.05, 0) is 43.2 Å². The molecule has 4 rings (SSSR count). The van der Waals surface area contributed by atoms with Gasteiger partial charge in [0.25, 0.3) is 0 Å². The minimum absolute atomic E-state index is 0.0959. The maximum atomic E-state index is 12.9. The molecule has 1 aliphatic heterocycles. The van der Waals surface area contributed by atoms with Crippen molar-refractivity contribution >= 4 is 42.3 Å². The number of halogens is 3. The van der Waals surface area contributed by atoms with Crippen molar-refractivity contribution in [2.45, 2.75) is 36.9 Å². The fourth-order valence-corrected chi connectivity index (χ4v) is 7.09. The van der Waals surface area contributed by atoms with Gasteiger partial charge in [0.1, 0.15) is 22.2 Å². The molecule has 3 aromatic rings. The summed E-state index contributed by atoms with van der Waals surface area (Å²) in [5, 5.41) is 0.713. The molecule has 0 aliphatic carbocycles. The molecule has 1 aliphatic rings. The number of hydrogen-bond donors (Lipinski definition) is 0. The van der Waals surface area contributed by atoms with Crippen molar-refractivity contribution in [3.05, 3.63) is 64.3 Å². The van der Waals surface area contributed by atoms with Gasteiger partial charge in [0, 0.05) is 47.1 Å². The molecule has 0 bridgehead atoms. The van der Waals surface area contributed by atoms with E-state index in [4.69, 9.17) is 9.15 Å². The van der Waals surface area contributed by atoms with Gasteiger partial charge in [0.2, 0.25) is 11.2 Å². The number of ether oxygens (including phenoxy) is 1. The molecule has 200 valence electrons. The van der Waals surface area contributed by atoms with E-state index in [-0.39, 0.29) is 20.6 Å². The summed E-state index contributed by atoms with van der Waals surface area (Å²) in [7, 11) is 0.603. The Morgan fingerprint density at radius 3 is 2.65 bits per heavy atom. The molecule has 0 N–H and O–H groups in total. The van der Waals surface area contributed by atoms with Gasteiger partial charge >= 0.3 is 6.18 Å². The first-order valence-corrected chi connectivity index (χ1v) is 15.7. The van der Waals surface area contributed by atoms with Crippen LogP contribution in [0.25, 0.3) is 10.9 Å². The van der Waals surface area contributed by atoms with E-state index in [2.05, 4.69) is 9.88 Å². The molecule has 2 aromatic heterocycles. The second kappa shape index (κ2) is 13.1. The van der Waals surface area contributed by atoms with Crippen LogP contribution in [-0.4, -0.2) is 51.0 Å². The summed E-state index contributed by atoms with van der Waals surface area (Å²) >= 11 is 1.59. The number of alkyl halides is 3. The molecular weight excluding hydrogens is 545 g/mol. The number of aromatic nitrogens is 1. The van der Waals surface area contributed by atoms with Crippen molar-refractivity contribution in [1.29, 1.82) is 0 Å². The van der Waals surface area contributed by atoms with Gasteiger partial charge in [0.15, 0.2) is 0 Å². The molecule has 12 heteroatoms. The molecule has 6 nitrogen and oxygen atoms in total. The normalized spacial score (nSPS) is 15.2. The van der Waals surface area contributed by atoms with E-state index in [0.29, 0.717) is 40.0 Å². The highest BCUT2D eigenvalue weighted by Crippen LogP contribution is 2.34. The molecule has 0 radical (unpaired) electrons. The Hall–Kier alpha value is -2.15. The molecule has 1 saturated heterocycles. The Labute approximate surface area is 222 Å².